The van der Waals surface area contributed by atoms with Gasteiger partial charge in [0, 0.05) is 5.69 Å². The maximum Gasteiger partial charge on any atom is 0.276 e. The fraction of sp³-hybridized carbons (Fsp3) is 0.0714. The number of rotatable bonds is 3. The van der Waals surface area contributed by atoms with E-state index >= 15 is 0 Å². The number of aryl methyl sites for hydroxylation is 1. The minimum atomic E-state index is -0.309. The lowest BCUT2D eigenvalue weighted by molar-refractivity contribution is 0.102. The van der Waals surface area contributed by atoms with Gasteiger partial charge in [-0.15, -0.1) is 10.2 Å². The van der Waals surface area contributed by atoms with Crippen LogP contribution >= 0.6 is 0 Å². The molecule has 1 aromatic carbocycles. The van der Waals surface area contributed by atoms with Crippen molar-refractivity contribution in [3.05, 3.63) is 60.3 Å². The number of amides is 1. The van der Waals surface area contributed by atoms with E-state index in [2.05, 4.69) is 25.6 Å². The van der Waals surface area contributed by atoms with E-state index in [9.17, 15) is 4.79 Å². The summed E-state index contributed by atoms with van der Waals surface area (Å²) in [4.78, 5) is 15.9. The van der Waals surface area contributed by atoms with E-state index in [1.807, 2.05) is 31.2 Å². The Morgan fingerprint density at radius 1 is 1.10 bits per heavy atom. The maximum atomic E-state index is 12.0. The van der Waals surface area contributed by atoms with Crippen LogP contribution in [0.3, 0.4) is 0 Å². The number of hydrogen-bond acceptors (Lipinski definition) is 5. The van der Waals surface area contributed by atoms with Crippen LogP contribution in [0.15, 0.2) is 49.1 Å². The third kappa shape index (κ3) is 2.92. The molecule has 21 heavy (non-hydrogen) atoms. The lowest BCUT2D eigenvalue weighted by atomic mass is 10.2. The predicted octanol–water partition coefficient (Wildman–Crippen LogP) is 1.62. The average Bonchev–Trinajstić information content (AvgIpc) is 3.04. The molecule has 2 heterocycles. The van der Waals surface area contributed by atoms with Gasteiger partial charge < -0.3 is 5.32 Å². The highest BCUT2D eigenvalue weighted by molar-refractivity contribution is 6.02. The second kappa shape index (κ2) is 5.49. The maximum absolute atomic E-state index is 12.0. The predicted molar refractivity (Wildman–Crippen MR) is 76.1 cm³/mol. The highest BCUT2D eigenvalue weighted by Gasteiger charge is 2.09. The number of benzene rings is 1. The minimum absolute atomic E-state index is 0.236. The molecule has 0 fully saturated rings. The van der Waals surface area contributed by atoms with Crippen LogP contribution in [0, 0.1) is 6.92 Å². The monoisotopic (exact) mass is 280 g/mol. The van der Waals surface area contributed by atoms with Crippen LogP contribution in [-0.2, 0) is 0 Å². The molecule has 1 N–H and O–H groups in total. The molecule has 3 aromatic rings. The van der Waals surface area contributed by atoms with Crippen molar-refractivity contribution in [2.45, 2.75) is 6.92 Å². The first-order valence-electron chi connectivity index (χ1n) is 6.29. The zero-order valence-electron chi connectivity index (χ0n) is 11.3. The third-order valence-corrected chi connectivity index (χ3v) is 2.85. The van der Waals surface area contributed by atoms with Crippen molar-refractivity contribution in [2.24, 2.45) is 0 Å². The van der Waals surface area contributed by atoms with Crippen molar-refractivity contribution in [3.8, 4) is 5.82 Å². The molecule has 0 saturated carbocycles. The van der Waals surface area contributed by atoms with Gasteiger partial charge in [0.05, 0.1) is 0 Å². The topological polar surface area (TPSA) is 85.6 Å². The average molecular weight is 280 g/mol. The Morgan fingerprint density at radius 2 is 1.90 bits per heavy atom. The summed E-state index contributed by atoms with van der Waals surface area (Å²) in [6, 6.07) is 10.8. The Kier molecular flexibility index (Phi) is 3.38. The molecular formula is C14H12N6O. The van der Waals surface area contributed by atoms with E-state index in [4.69, 9.17) is 0 Å². The molecule has 3 rings (SSSR count). The van der Waals surface area contributed by atoms with Crippen molar-refractivity contribution < 1.29 is 4.79 Å². The largest absolute Gasteiger partial charge is 0.321 e. The van der Waals surface area contributed by atoms with Crippen LogP contribution in [0.4, 0.5) is 5.69 Å². The first-order valence-corrected chi connectivity index (χ1v) is 6.29. The fourth-order valence-corrected chi connectivity index (χ4v) is 1.73. The second-order valence-electron chi connectivity index (χ2n) is 4.44. The van der Waals surface area contributed by atoms with Crippen LogP contribution in [0.5, 0.6) is 0 Å². The molecule has 0 unspecified atom stereocenters. The summed E-state index contributed by atoms with van der Waals surface area (Å²) in [6.07, 6.45) is 2.91. The van der Waals surface area contributed by atoms with Gasteiger partial charge >= 0.3 is 0 Å². The Hall–Kier alpha value is -3.09. The SMILES string of the molecule is Cc1ccc(NC(=O)c2ccc(-n3cncn3)nn2)cc1. The summed E-state index contributed by atoms with van der Waals surface area (Å²) in [5.74, 6) is 0.191. The zero-order chi connectivity index (χ0) is 14.7. The Bertz CT molecular complexity index is 734. The van der Waals surface area contributed by atoms with Gasteiger partial charge in [-0.1, -0.05) is 17.7 Å². The molecule has 0 aliphatic carbocycles. The van der Waals surface area contributed by atoms with Crippen molar-refractivity contribution in [2.75, 3.05) is 5.32 Å². The Morgan fingerprint density at radius 3 is 2.52 bits per heavy atom. The quantitative estimate of drug-likeness (QED) is 0.788. The molecule has 0 atom stereocenters. The molecule has 0 aliphatic heterocycles. The number of aromatic nitrogens is 5. The fourth-order valence-electron chi connectivity index (χ4n) is 1.73. The highest BCUT2D eigenvalue weighted by Crippen LogP contribution is 2.10. The lowest BCUT2D eigenvalue weighted by Gasteiger charge is -2.05. The molecule has 0 bridgehead atoms. The number of anilines is 1. The van der Waals surface area contributed by atoms with E-state index in [1.54, 1.807) is 12.1 Å². The van der Waals surface area contributed by atoms with Gasteiger partial charge in [-0.25, -0.2) is 9.67 Å². The summed E-state index contributed by atoms with van der Waals surface area (Å²) in [6.45, 7) is 1.99. The number of nitrogens with zero attached hydrogens (tertiary/aromatic N) is 5. The number of hydrogen-bond donors (Lipinski definition) is 1. The molecule has 2 aromatic heterocycles. The first-order chi connectivity index (χ1) is 10.2. The minimum Gasteiger partial charge on any atom is -0.321 e. The Labute approximate surface area is 120 Å². The molecule has 7 heteroatoms. The van der Waals surface area contributed by atoms with Crippen molar-refractivity contribution in [3.63, 3.8) is 0 Å². The first kappa shape index (κ1) is 12.9. The van der Waals surface area contributed by atoms with Crippen LogP contribution in [0.2, 0.25) is 0 Å². The van der Waals surface area contributed by atoms with Crippen molar-refractivity contribution in [1.82, 2.24) is 25.0 Å². The van der Waals surface area contributed by atoms with Crippen molar-refractivity contribution in [1.29, 1.82) is 0 Å². The van der Waals surface area contributed by atoms with Crippen LogP contribution < -0.4 is 5.32 Å². The van der Waals surface area contributed by atoms with E-state index in [-0.39, 0.29) is 11.6 Å². The van der Waals surface area contributed by atoms with Gasteiger partial charge in [-0.2, -0.15) is 5.10 Å². The van der Waals surface area contributed by atoms with Gasteiger partial charge in [-0.3, -0.25) is 4.79 Å². The summed E-state index contributed by atoms with van der Waals surface area (Å²) in [5.41, 5.74) is 2.08. The van der Waals surface area contributed by atoms with E-state index in [0.29, 0.717) is 11.5 Å². The van der Waals surface area contributed by atoms with Crippen LogP contribution in [0.1, 0.15) is 16.1 Å². The van der Waals surface area contributed by atoms with Gasteiger partial charge in [0.25, 0.3) is 5.91 Å². The smallest absolute Gasteiger partial charge is 0.276 e. The summed E-state index contributed by atoms with van der Waals surface area (Å²) < 4.78 is 1.47. The van der Waals surface area contributed by atoms with E-state index in [1.165, 1.54) is 17.3 Å². The molecular weight excluding hydrogens is 268 g/mol. The lowest BCUT2D eigenvalue weighted by Crippen LogP contribution is -2.15. The Balaban J connectivity index is 1.74. The number of carbonyl (C=O) groups is 1. The molecule has 7 nitrogen and oxygen atoms in total. The van der Waals surface area contributed by atoms with Crippen molar-refractivity contribution >= 4 is 11.6 Å². The summed E-state index contributed by atoms with van der Waals surface area (Å²) in [7, 11) is 0. The zero-order valence-corrected chi connectivity index (χ0v) is 11.3. The van der Waals surface area contributed by atoms with Gasteiger partial charge in [0.15, 0.2) is 11.5 Å². The molecule has 0 saturated heterocycles. The van der Waals surface area contributed by atoms with E-state index in [0.717, 1.165) is 5.56 Å². The third-order valence-electron chi connectivity index (χ3n) is 2.85. The van der Waals surface area contributed by atoms with E-state index < -0.39 is 0 Å². The van der Waals surface area contributed by atoms with Gasteiger partial charge in [-0.05, 0) is 31.2 Å². The molecule has 1 amide bonds. The highest BCUT2D eigenvalue weighted by atomic mass is 16.1. The number of nitrogens with one attached hydrogen (secondary N) is 1. The standard InChI is InChI=1S/C14H12N6O/c1-10-2-4-11(5-3-10)17-14(21)12-6-7-13(19-18-12)20-9-15-8-16-20/h2-9H,1H3,(H,17,21). The molecule has 104 valence electrons. The summed E-state index contributed by atoms with van der Waals surface area (Å²) >= 11 is 0. The van der Waals surface area contributed by atoms with Gasteiger partial charge in [0.2, 0.25) is 0 Å². The van der Waals surface area contributed by atoms with Crippen LogP contribution in [0.25, 0.3) is 5.82 Å². The van der Waals surface area contributed by atoms with Crippen LogP contribution in [-0.4, -0.2) is 30.9 Å². The second-order valence-corrected chi connectivity index (χ2v) is 4.44. The molecule has 0 radical (unpaired) electrons. The normalized spacial score (nSPS) is 10.3. The molecule has 0 aliphatic rings. The van der Waals surface area contributed by atoms with Gasteiger partial charge in [0.1, 0.15) is 12.7 Å². The summed E-state index contributed by atoms with van der Waals surface area (Å²) in [5, 5.41) is 14.5. The molecule has 0 spiro atoms. The number of carbonyl (C=O) groups excluding carboxylic acids is 1.